The Balaban J connectivity index is 2.07. The summed E-state index contributed by atoms with van der Waals surface area (Å²) in [6, 6.07) is 3.81. The quantitative estimate of drug-likeness (QED) is 0.809. The second kappa shape index (κ2) is 8.17. The first-order chi connectivity index (χ1) is 13.3. The van der Waals surface area contributed by atoms with E-state index in [-0.39, 0.29) is 6.42 Å². The third-order valence-corrected chi connectivity index (χ3v) is 5.47. The molecular formula is C22H29N3O3. The highest BCUT2D eigenvalue weighted by Crippen LogP contribution is 2.39. The number of pyridine rings is 2. The van der Waals surface area contributed by atoms with E-state index in [0.29, 0.717) is 17.9 Å². The lowest BCUT2D eigenvalue weighted by Gasteiger charge is -2.40. The van der Waals surface area contributed by atoms with Gasteiger partial charge < -0.3 is 14.7 Å². The number of nitrogens with zero attached hydrogens (tertiary/aromatic N) is 3. The lowest BCUT2D eigenvalue weighted by molar-refractivity contribution is -0.136. The maximum Gasteiger partial charge on any atom is 0.307 e. The van der Waals surface area contributed by atoms with E-state index >= 15 is 0 Å². The van der Waals surface area contributed by atoms with Gasteiger partial charge in [0.05, 0.1) is 18.7 Å². The molecule has 0 bridgehead atoms. The topological polar surface area (TPSA) is 75.6 Å². The Morgan fingerprint density at radius 2 is 1.93 bits per heavy atom. The van der Waals surface area contributed by atoms with Crippen molar-refractivity contribution in [2.45, 2.75) is 47.0 Å². The number of carboxylic acids is 1. The van der Waals surface area contributed by atoms with Crippen LogP contribution in [0.25, 0.3) is 11.1 Å². The second-order valence-corrected chi connectivity index (χ2v) is 8.12. The fourth-order valence-electron chi connectivity index (χ4n) is 3.68. The average molecular weight is 383 g/mol. The third kappa shape index (κ3) is 4.43. The summed E-state index contributed by atoms with van der Waals surface area (Å²) in [5.41, 5.74) is 4.70. The van der Waals surface area contributed by atoms with Crippen molar-refractivity contribution in [3.05, 3.63) is 35.8 Å². The first-order valence-electron chi connectivity index (χ1n) is 9.85. The minimum Gasteiger partial charge on any atom is -0.481 e. The van der Waals surface area contributed by atoms with Crippen LogP contribution in [-0.4, -0.2) is 40.7 Å². The summed E-state index contributed by atoms with van der Waals surface area (Å²) in [5, 5.41) is 9.48. The molecule has 0 spiro atoms. The fourth-order valence-corrected chi connectivity index (χ4v) is 3.68. The molecule has 0 amide bonds. The van der Waals surface area contributed by atoms with E-state index in [9.17, 15) is 9.90 Å². The van der Waals surface area contributed by atoms with E-state index in [0.717, 1.165) is 54.0 Å². The van der Waals surface area contributed by atoms with Crippen molar-refractivity contribution < 1.29 is 14.6 Å². The van der Waals surface area contributed by atoms with Crippen molar-refractivity contribution in [1.82, 2.24) is 9.97 Å². The van der Waals surface area contributed by atoms with Gasteiger partial charge in [0.15, 0.2) is 0 Å². The first-order valence-corrected chi connectivity index (χ1v) is 9.85. The van der Waals surface area contributed by atoms with Crippen LogP contribution in [-0.2, 0) is 11.2 Å². The molecule has 1 aliphatic rings. The summed E-state index contributed by atoms with van der Waals surface area (Å²) >= 11 is 0. The number of carboxylic acid groups (broad SMARTS) is 1. The lowest BCUT2D eigenvalue weighted by atomic mass is 9.82. The standard InChI is InChI=1S/C22H29N3O3/c1-5-28-19-7-6-16(13-24-19)18-14-23-15(2)17(12-20(26)27)21(18)25-10-8-22(3,4)9-11-25/h6-7,13-14H,5,8-12H2,1-4H3,(H,26,27). The number of aliphatic carboxylic acids is 1. The van der Waals surface area contributed by atoms with Gasteiger partial charge in [0, 0.05) is 53.9 Å². The van der Waals surface area contributed by atoms with E-state index in [1.165, 1.54) is 0 Å². The molecule has 6 nitrogen and oxygen atoms in total. The number of ether oxygens (including phenoxy) is 1. The smallest absolute Gasteiger partial charge is 0.307 e. The zero-order valence-electron chi connectivity index (χ0n) is 17.2. The molecule has 1 N–H and O–H groups in total. The van der Waals surface area contributed by atoms with Gasteiger partial charge in [0.2, 0.25) is 5.88 Å². The van der Waals surface area contributed by atoms with E-state index in [1.807, 2.05) is 32.2 Å². The van der Waals surface area contributed by atoms with Gasteiger partial charge in [0.25, 0.3) is 0 Å². The Morgan fingerprint density at radius 1 is 1.21 bits per heavy atom. The number of hydrogen-bond donors (Lipinski definition) is 1. The molecule has 0 radical (unpaired) electrons. The van der Waals surface area contributed by atoms with Crippen molar-refractivity contribution in [3.63, 3.8) is 0 Å². The molecule has 0 aliphatic carbocycles. The van der Waals surface area contributed by atoms with E-state index in [2.05, 4.69) is 28.7 Å². The van der Waals surface area contributed by atoms with E-state index in [1.54, 1.807) is 6.20 Å². The van der Waals surface area contributed by atoms with Crippen LogP contribution in [0.3, 0.4) is 0 Å². The largest absolute Gasteiger partial charge is 0.481 e. The normalized spacial score (nSPS) is 16.1. The predicted octanol–water partition coefficient (Wildman–Crippen LogP) is 4.10. The van der Waals surface area contributed by atoms with Gasteiger partial charge >= 0.3 is 5.97 Å². The molecule has 1 saturated heterocycles. The van der Waals surface area contributed by atoms with Gasteiger partial charge in [-0.05, 0) is 38.2 Å². The van der Waals surface area contributed by atoms with Crippen LogP contribution in [0.4, 0.5) is 5.69 Å². The molecule has 3 rings (SSSR count). The second-order valence-electron chi connectivity index (χ2n) is 8.12. The molecule has 6 heteroatoms. The number of hydrogen-bond acceptors (Lipinski definition) is 5. The number of piperidine rings is 1. The highest BCUT2D eigenvalue weighted by Gasteiger charge is 2.29. The molecule has 0 saturated carbocycles. The number of rotatable bonds is 6. The van der Waals surface area contributed by atoms with Gasteiger partial charge in [-0.15, -0.1) is 0 Å². The molecule has 28 heavy (non-hydrogen) atoms. The van der Waals surface area contributed by atoms with Gasteiger partial charge in [0.1, 0.15) is 0 Å². The number of aromatic nitrogens is 2. The van der Waals surface area contributed by atoms with Crippen molar-refractivity contribution in [2.75, 3.05) is 24.6 Å². The van der Waals surface area contributed by atoms with Crippen LogP contribution in [0.1, 0.15) is 44.9 Å². The Bertz CT molecular complexity index is 837. The molecule has 0 atom stereocenters. The number of aryl methyl sites for hydroxylation is 1. The van der Waals surface area contributed by atoms with Crippen molar-refractivity contribution in [3.8, 4) is 17.0 Å². The molecule has 0 unspecified atom stereocenters. The zero-order chi connectivity index (χ0) is 20.3. The minimum absolute atomic E-state index is 0.0354. The summed E-state index contributed by atoms with van der Waals surface area (Å²) in [5.74, 6) is -0.260. The Kier molecular flexibility index (Phi) is 5.87. The molecule has 2 aromatic heterocycles. The van der Waals surface area contributed by atoms with Gasteiger partial charge in [-0.25, -0.2) is 4.98 Å². The third-order valence-electron chi connectivity index (χ3n) is 5.47. The predicted molar refractivity (Wildman–Crippen MR) is 110 cm³/mol. The average Bonchev–Trinajstić information content (AvgIpc) is 2.64. The Hall–Kier alpha value is -2.63. The number of anilines is 1. The van der Waals surface area contributed by atoms with Crippen LogP contribution < -0.4 is 9.64 Å². The van der Waals surface area contributed by atoms with Crippen molar-refractivity contribution >= 4 is 11.7 Å². The van der Waals surface area contributed by atoms with Crippen LogP contribution in [0, 0.1) is 12.3 Å². The molecule has 1 aliphatic heterocycles. The van der Waals surface area contributed by atoms with Crippen LogP contribution in [0.5, 0.6) is 5.88 Å². The highest BCUT2D eigenvalue weighted by atomic mass is 16.5. The zero-order valence-corrected chi connectivity index (χ0v) is 17.2. The van der Waals surface area contributed by atoms with Crippen molar-refractivity contribution in [2.24, 2.45) is 5.41 Å². The van der Waals surface area contributed by atoms with Crippen LogP contribution in [0.15, 0.2) is 24.5 Å². The Labute approximate surface area is 166 Å². The highest BCUT2D eigenvalue weighted by molar-refractivity contribution is 5.84. The minimum atomic E-state index is -0.842. The van der Waals surface area contributed by atoms with Gasteiger partial charge in [-0.2, -0.15) is 0 Å². The van der Waals surface area contributed by atoms with Crippen LogP contribution in [0.2, 0.25) is 0 Å². The summed E-state index contributed by atoms with van der Waals surface area (Å²) in [4.78, 5) is 22.8. The number of carbonyl (C=O) groups is 1. The van der Waals surface area contributed by atoms with Crippen LogP contribution >= 0.6 is 0 Å². The molecule has 3 heterocycles. The van der Waals surface area contributed by atoms with E-state index < -0.39 is 5.97 Å². The van der Waals surface area contributed by atoms with E-state index in [4.69, 9.17) is 4.74 Å². The summed E-state index contributed by atoms with van der Waals surface area (Å²) < 4.78 is 5.45. The molecular weight excluding hydrogens is 354 g/mol. The Morgan fingerprint density at radius 3 is 2.50 bits per heavy atom. The van der Waals surface area contributed by atoms with Gasteiger partial charge in [-0.3, -0.25) is 9.78 Å². The van der Waals surface area contributed by atoms with Crippen molar-refractivity contribution in [1.29, 1.82) is 0 Å². The molecule has 1 fully saturated rings. The maximum atomic E-state index is 11.5. The molecule has 2 aromatic rings. The summed E-state index contributed by atoms with van der Waals surface area (Å²) in [6.45, 7) is 10.8. The monoisotopic (exact) mass is 383 g/mol. The lowest BCUT2D eigenvalue weighted by Crippen LogP contribution is -2.38. The summed E-state index contributed by atoms with van der Waals surface area (Å²) in [7, 11) is 0. The molecule has 150 valence electrons. The SMILES string of the molecule is CCOc1ccc(-c2cnc(C)c(CC(=O)O)c2N2CCC(C)(C)CC2)cn1. The fraction of sp³-hybridized carbons (Fsp3) is 0.500. The first kappa shape index (κ1) is 20.1. The van der Waals surface area contributed by atoms with Gasteiger partial charge in [-0.1, -0.05) is 13.8 Å². The maximum absolute atomic E-state index is 11.5. The summed E-state index contributed by atoms with van der Waals surface area (Å²) in [6.07, 6.45) is 5.72. The molecule has 0 aromatic carbocycles.